The number of aromatic nitrogens is 2. The molecule has 0 aliphatic heterocycles. The van der Waals surface area contributed by atoms with E-state index in [1.165, 1.54) is 5.56 Å². The summed E-state index contributed by atoms with van der Waals surface area (Å²) in [4.78, 5) is 8.94. The van der Waals surface area contributed by atoms with Crippen molar-refractivity contribution in [3.8, 4) is 0 Å². The van der Waals surface area contributed by atoms with Crippen LogP contribution < -0.4 is 10.6 Å². The fourth-order valence-electron chi connectivity index (χ4n) is 2.71. The first kappa shape index (κ1) is 19.2. The lowest BCUT2D eigenvalue weighted by Gasteiger charge is -2.12. The number of para-hydroxylation sites is 2. The third-order valence-electron chi connectivity index (χ3n) is 4.07. The molecule has 0 fully saturated rings. The Labute approximate surface area is 165 Å². The van der Waals surface area contributed by atoms with Gasteiger partial charge in [0.2, 0.25) is 0 Å². The molecule has 0 spiro atoms. The number of hydrogen-bond acceptors (Lipinski definition) is 2. The number of hydrogen-bond donors (Lipinski definition) is 2. The normalized spacial score (nSPS) is 11.2. The standard InChI is InChI=1S/C19H23N5.HI/c1-20-19(21-13-12-15-8-4-3-5-9-15)22-14-18-23-16-10-6-7-11-17(16)24(18)2;/h3-11H,12-14H2,1-2H3,(H2,20,21,22);1H. The number of nitrogens with one attached hydrogen (secondary N) is 2. The van der Waals surface area contributed by atoms with Crippen LogP contribution >= 0.6 is 24.0 Å². The van der Waals surface area contributed by atoms with E-state index in [0.29, 0.717) is 6.54 Å². The van der Waals surface area contributed by atoms with E-state index < -0.39 is 0 Å². The van der Waals surface area contributed by atoms with E-state index in [1.807, 2.05) is 31.3 Å². The Hall–Kier alpha value is -2.09. The summed E-state index contributed by atoms with van der Waals surface area (Å²) in [5, 5.41) is 6.67. The van der Waals surface area contributed by atoms with Gasteiger partial charge in [-0.3, -0.25) is 4.99 Å². The molecule has 0 amide bonds. The summed E-state index contributed by atoms with van der Waals surface area (Å²) in [5.74, 6) is 1.78. The molecule has 1 aromatic heterocycles. The Morgan fingerprint density at radius 1 is 1.04 bits per heavy atom. The van der Waals surface area contributed by atoms with Crippen LogP contribution in [0.4, 0.5) is 0 Å². The molecule has 25 heavy (non-hydrogen) atoms. The minimum atomic E-state index is 0. The van der Waals surface area contributed by atoms with E-state index in [4.69, 9.17) is 0 Å². The molecule has 0 bridgehead atoms. The molecule has 0 aliphatic rings. The van der Waals surface area contributed by atoms with Crippen LogP contribution in [0.1, 0.15) is 11.4 Å². The molecule has 0 radical (unpaired) electrons. The second-order valence-electron chi connectivity index (χ2n) is 5.66. The van der Waals surface area contributed by atoms with Gasteiger partial charge in [0.1, 0.15) is 5.82 Å². The highest BCUT2D eigenvalue weighted by Crippen LogP contribution is 2.13. The number of halogens is 1. The molecular weight excluding hydrogens is 425 g/mol. The number of fused-ring (bicyclic) bond motifs is 1. The molecule has 1 heterocycles. The number of imidazole rings is 1. The van der Waals surface area contributed by atoms with Crippen molar-refractivity contribution in [1.29, 1.82) is 0 Å². The zero-order valence-corrected chi connectivity index (χ0v) is 16.9. The van der Waals surface area contributed by atoms with E-state index in [1.54, 1.807) is 7.05 Å². The van der Waals surface area contributed by atoms with Crippen LogP contribution in [0.2, 0.25) is 0 Å². The van der Waals surface area contributed by atoms with Gasteiger partial charge >= 0.3 is 0 Å². The molecule has 132 valence electrons. The number of aryl methyl sites for hydroxylation is 1. The lowest BCUT2D eigenvalue weighted by Crippen LogP contribution is -2.38. The predicted octanol–water partition coefficient (Wildman–Crippen LogP) is 3.10. The highest BCUT2D eigenvalue weighted by molar-refractivity contribution is 14.0. The van der Waals surface area contributed by atoms with Crippen molar-refractivity contribution in [2.75, 3.05) is 13.6 Å². The maximum atomic E-state index is 4.66. The maximum absolute atomic E-state index is 4.66. The zero-order chi connectivity index (χ0) is 16.8. The monoisotopic (exact) mass is 449 g/mol. The summed E-state index contributed by atoms with van der Waals surface area (Å²) in [6.07, 6.45) is 0.966. The first-order valence-corrected chi connectivity index (χ1v) is 8.16. The fraction of sp³-hybridized carbons (Fsp3) is 0.263. The summed E-state index contributed by atoms with van der Waals surface area (Å²) in [5.41, 5.74) is 3.47. The van der Waals surface area contributed by atoms with Crippen molar-refractivity contribution in [3.63, 3.8) is 0 Å². The molecule has 2 N–H and O–H groups in total. The lowest BCUT2D eigenvalue weighted by atomic mass is 10.1. The van der Waals surface area contributed by atoms with Gasteiger partial charge in [0.25, 0.3) is 0 Å². The molecular formula is C19H24IN5. The number of benzene rings is 2. The highest BCUT2D eigenvalue weighted by Gasteiger charge is 2.07. The van der Waals surface area contributed by atoms with Gasteiger partial charge in [-0.25, -0.2) is 4.98 Å². The highest BCUT2D eigenvalue weighted by atomic mass is 127. The summed E-state index contributed by atoms with van der Waals surface area (Å²) in [6.45, 7) is 1.47. The summed E-state index contributed by atoms with van der Waals surface area (Å²) < 4.78 is 2.11. The molecule has 0 aliphatic carbocycles. The van der Waals surface area contributed by atoms with Gasteiger partial charge in [0.15, 0.2) is 5.96 Å². The summed E-state index contributed by atoms with van der Waals surface area (Å²) >= 11 is 0. The van der Waals surface area contributed by atoms with E-state index in [0.717, 1.165) is 35.8 Å². The first-order valence-electron chi connectivity index (χ1n) is 8.16. The van der Waals surface area contributed by atoms with Gasteiger partial charge in [-0.15, -0.1) is 24.0 Å². The average Bonchev–Trinajstić information content (AvgIpc) is 2.95. The quantitative estimate of drug-likeness (QED) is 0.358. The van der Waals surface area contributed by atoms with Crippen LogP contribution in [0.3, 0.4) is 0 Å². The molecule has 5 nitrogen and oxygen atoms in total. The van der Waals surface area contributed by atoms with Crippen LogP contribution in [0.25, 0.3) is 11.0 Å². The molecule has 0 saturated heterocycles. The third-order valence-corrected chi connectivity index (χ3v) is 4.07. The first-order chi connectivity index (χ1) is 11.8. The van der Waals surface area contributed by atoms with Gasteiger partial charge < -0.3 is 15.2 Å². The van der Waals surface area contributed by atoms with Gasteiger partial charge in [-0.2, -0.15) is 0 Å². The Kier molecular flexibility index (Phi) is 7.24. The Bertz CT molecular complexity index is 826. The van der Waals surface area contributed by atoms with Crippen molar-refractivity contribution in [1.82, 2.24) is 20.2 Å². The van der Waals surface area contributed by atoms with Crippen molar-refractivity contribution < 1.29 is 0 Å². The van der Waals surface area contributed by atoms with Crippen molar-refractivity contribution >= 4 is 41.0 Å². The molecule has 0 saturated carbocycles. The minimum Gasteiger partial charge on any atom is -0.356 e. The largest absolute Gasteiger partial charge is 0.356 e. The molecule has 3 aromatic rings. The van der Waals surface area contributed by atoms with E-state index >= 15 is 0 Å². The Morgan fingerprint density at radius 3 is 2.48 bits per heavy atom. The van der Waals surface area contributed by atoms with Crippen LogP contribution in [0.5, 0.6) is 0 Å². The Balaban J connectivity index is 0.00000225. The van der Waals surface area contributed by atoms with Crippen molar-refractivity contribution in [3.05, 3.63) is 66.0 Å². The summed E-state index contributed by atoms with van der Waals surface area (Å²) in [6, 6.07) is 18.6. The van der Waals surface area contributed by atoms with E-state index in [9.17, 15) is 0 Å². The minimum absolute atomic E-state index is 0. The molecule has 0 atom stereocenters. The number of guanidine groups is 1. The SMILES string of the molecule is CN=C(NCCc1ccccc1)NCc1nc2ccccc2n1C.I. The molecule has 0 unspecified atom stereocenters. The van der Waals surface area contributed by atoms with Gasteiger partial charge in [0.05, 0.1) is 17.6 Å². The van der Waals surface area contributed by atoms with Crippen LogP contribution in [-0.2, 0) is 20.0 Å². The number of nitrogens with zero attached hydrogens (tertiary/aromatic N) is 3. The van der Waals surface area contributed by atoms with Gasteiger partial charge in [0, 0.05) is 20.6 Å². The lowest BCUT2D eigenvalue weighted by molar-refractivity contribution is 0.734. The van der Waals surface area contributed by atoms with Crippen LogP contribution in [0.15, 0.2) is 59.6 Å². The van der Waals surface area contributed by atoms with Gasteiger partial charge in [-0.05, 0) is 24.1 Å². The topological polar surface area (TPSA) is 54.2 Å². The third kappa shape index (κ3) is 4.94. The van der Waals surface area contributed by atoms with E-state index in [2.05, 4.69) is 55.5 Å². The van der Waals surface area contributed by atoms with Gasteiger partial charge in [-0.1, -0.05) is 42.5 Å². The maximum Gasteiger partial charge on any atom is 0.191 e. The Morgan fingerprint density at radius 2 is 1.76 bits per heavy atom. The van der Waals surface area contributed by atoms with Crippen molar-refractivity contribution in [2.45, 2.75) is 13.0 Å². The van der Waals surface area contributed by atoms with Crippen molar-refractivity contribution in [2.24, 2.45) is 12.0 Å². The van der Waals surface area contributed by atoms with Crippen LogP contribution in [0, 0.1) is 0 Å². The van der Waals surface area contributed by atoms with Crippen LogP contribution in [-0.4, -0.2) is 29.1 Å². The molecule has 2 aromatic carbocycles. The predicted molar refractivity (Wildman–Crippen MR) is 114 cm³/mol. The van der Waals surface area contributed by atoms with E-state index in [-0.39, 0.29) is 24.0 Å². The summed E-state index contributed by atoms with van der Waals surface area (Å²) in [7, 11) is 3.82. The molecule has 6 heteroatoms. The average molecular weight is 449 g/mol. The fourth-order valence-corrected chi connectivity index (χ4v) is 2.71. The second kappa shape index (κ2) is 9.41. The number of aliphatic imine (C=N–C) groups is 1. The smallest absolute Gasteiger partial charge is 0.191 e. The molecule has 3 rings (SSSR count). The number of rotatable bonds is 5. The second-order valence-corrected chi connectivity index (χ2v) is 5.66. The zero-order valence-electron chi connectivity index (χ0n) is 14.6.